The molecule has 88 valence electrons. The molecule has 16 heavy (non-hydrogen) atoms. The summed E-state index contributed by atoms with van der Waals surface area (Å²) in [6, 6.07) is 4.77. The molecule has 3 heteroatoms. The van der Waals surface area contributed by atoms with Gasteiger partial charge in [0.25, 0.3) is 0 Å². The molecule has 0 aromatic carbocycles. The van der Waals surface area contributed by atoms with Gasteiger partial charge in [0.15, 0.2) is 0 Å². The van der Waals surface area contributed by atoms with Crippen LogP contribution in [0.4, 0.5) is 5.69 Å². The SMILES string of the molecule is CC(C1CC1)N(C)c1ccc([C@H](C)N)nc1. The van der Waals surface area contributed by atoms with Crippen molar-refractivity contribution in [2.24, 2.45) is 11.7 Å². The molecule has 1 heterocycles. The van der Waals surface area contributed by atoms with Crippen molar-refractivity contribution in [3.05, 3.63) is 24.0 Å². The van der Waals surface area contributed by atoms with Crippen LogP contribution in [0.1, 0.15) is 38.4 Å². The molecule has 1 aromatic rings. The van der Waals surface area contributed by atoms with Gasteiger partial charge in [-0.15, -0.1) is 0 Å². The smallest absolute Gasteiger partial charge is 0.0569 e. The molecule has 0 spiro atoms. The van der Waals surface area contributed by atoms with E-state index in [9.17, 15) is 0 Å². The van der Waals surface area contributed by atoms with Gasteiger partial charge in [0.2, 0.25) is 0 Å². The Morgan fingerprint density at radius 3 is 2.50 bits per heavy atom. The van der Waals surface area contributed by atoms with Gasteiger partial charge in [-0.25, -0.2) is 0 Å². The molecule has 1 saturated carbocycles. The molecule has 1 unspecified atom stereocenters. The Kier molecular flexibility index (Phi) is 3.15. The van der Waals surface area contributed by atoms with Gasteiger partial charge in [-0.2, -0.15) is 0 Å². The Morgan fingerprint density at radius 2 is 2.06 bits per heavy atom. The zero-order valence-corrected chi connectivity index (χ0v) is 10.4. The van der Waals surface area contributed by atoms with Crippen LogP contribution < -0.4 is 10.6 Å². The second kappa shape index (κ2) is 4.42. The zero-order valence-electron chi connectivity index (χ0n) is 10.4. The third-order valence-corrected chi connectivity index (χ3v) is 3.56. The van der Waals surface area contributed by atoms with Gasteiger partial charge in [-0.1, -0.05) is 0 Å². The molecule has 2 N–H and O–H groups in total. The van der Waals surface area contributed by atoms with Crippen molar-refractivity contribution in [2.45, 2.75) is 38.8 Å². The van der Waals surface area contributed by atoms with Crippen LogP contribution in [0.5, 0.6) is 0 Å². The van der Waals surface area contributed by atoms with E-state index in [-0.39, 0.29) is 6.04 Å². The number of hydrogen-bond acceptors (Lipinski definition) is 3. The van der Waals surface area contributed by atoms with E-state index in [1.54, 1.807) is 0 Å². The van der Waals surface area contributed by atoms with Crippen molar-refractivity contribution in [1.29, 1.82) is 0 Å². The average Bonchev–Trinajstić information content (AvgIpc) is 3.11. The summed E-state index contributed by atoms with van der Waals surface area (Å²) >= 11 is 0. The van der Waals surface area contributed by atoms with Crippen LogP contribution in [0, 0.1) is 5.92 Å². The summed E-state index contributed by atoms with van der Waals surface area (Å²) in [4.78, 5) is 6.71. The molecule has 1 aliphatic rings. The Morgan fingerprint density at radius 1 is 1.38 bits per heavy atom. The lowest BCUT2D eigenvalue weighted by Crippen LogP contribution is -2.30. The molecule has 0 aliphatic heterocycles. The van der Waals surface area contributed by atoms with E-state index in [0.717, 1.165) is 11.6 Å². The third kappa shape index (κ3) is 2.35. The van der Waals surface area contributed by atoms with E-state index in [2.05, 4.69) is 29.9 Å². The second-order valence-electron chi connectivity index (χ2n) is 4.92. The predicted octanol–water partition coefficient (Wildman–Crippen LogP) is 2.34. The Bertz CT molecular complexity index is 341. The summed E-state index contributed by atoms with van der Waals surface area (Å²) in [6.45, 7) is 4.25. The van der Waals surface area contributed by atoms with E-state index in [0.29, 0.717) is 6.04 Å². The molecule has 0 radical (unpaired) electrons. The van der Waals surface area contributed by atoms with Gasteiger partial charge in [0.1, 0.15) is 0 Å². The predicted molar refractivity (Wildman–Crippen MR) is 67.4 cm³/mol. The van der Waals surface area contributed by atoms with Crippen LogP contribution in [-0.2, 0) is 0 Å². The molecule has 1 fully saturated rings. The number of aromatic nitrogens is 1. The number of nitrogens with zero attached hydrogens (tertiary/aromatic N) is 2. The highest BCUT2D eigenvalue weighted by Gasteiger charge is 2.30. The van der Waals surface area contributed by atoms with Crippen molar-refractivity contribution >= 4 is 5.69 Å². The monoisotopic (exact) mass is 219 g/mol. The van der Waals surface area contributed by atoms with Crippen LogP contribution in [-0.4, -0.2) is 18.1 Å². The Balaban J connectivity index is 2.08. The van der Waals surface area contributed by atoms with E-state index in [1.165, 1.54) is 18.5 Å². The lowest BCUT2D eigenvalue weighted by molar-refractivity contribution is 0.608. The molecule has 0 bridgehead atoms. The van der Waals surface area contributed by atoms with Crippen molar-refractivity contribution in [3.63, 3.8) is 0 Å². The second-order valence-corrected chi connectivity index (χ2v) is 4.92. The van der Waals surface area contributed by atoms with Crippen molar-refractivity contribution in [3.8, 4) is 0 Å². The summed E-state index contributed by atoms with van der Waals surface area (Å²) in [5, 5.41) is 0. The largest absolute Gasteiger partial charge is 0.370 e. The van der Waals surface area contributed by atoms with Gasteiger partial charge in [-0.05, 0) is 44.7 Å². The topological polar surface area (TPSA) is 42.1 Å². The van der Waals surface area contributed by atoms with E-state index in [4.69, 9.17) is 5.73 Å². The Labute approximate surface area is 97.7 Å². The molecule has 3 nitrogen and oxygen atoms in total. The fourth-order valence-electron chi connectivity index (χ4n) is 2.01. The third-order valence-electron chi connectivity index (χ3n) is 3.56. The molecule has 0 amide bonds. The summed E-state index contributed by atoms with van der Waals surface area (Å²) in [5.41, 5.74) is 7.92. The summed E-state index contributed by atoms with van der Waals surface area (Å²) in [7, 11) is 2.14. The molecular formula is C13H21N3. The summed E-state index contributed by atoms with van der Waals surface area (Å²) < 4.78 is 0. The highest BCUT2D eigenvalue weighted by molar-refractivity contribution is 5.45. The lowest BCUT2D eigenvalue weighted by Gasteiger charge is -2.26. The quantitative estimate of drug-likeness (QED) is 0.845. The van der Waals surface area contributed by atoms with E-state index in [1.807, 2.05) is 19.2 Å². The first-order valence-corrected chi connectivity index (χ1v) is 6.04. The van der Waals surface area contributed by atoms with E-state index >= 15 is 0 Å². The first-order chi connectivity index (χ1) is 7.59. The maximum Gasteiger partial charge on any atom is 0.0569 e. The highest BCUT2D eigenvalue weighted by Crippen LogP contribution is 2.36. The minimum absolute atomic E-state index is 0.0141. The highest BCUT2D eigenvalue weighted by atomic mass is 15.1. The molecule has 2 atom stereocenters. The first kappa shape index (κ1) is 11.4. The van der Waals surface area contributed by atoms with Crippen LogP contribution in [0.2, 0.25) is 0 Å². The van der Waals surface area contributed by atoms with Gasteiger partial charge >= 0.3 is 0 Å². The fraction of sp³-hybridized carbons (Fsp3) is 0.615. The van der Waals surface area contributed by atoms with Crippen LogP contribution >= 0.6 is 0 Å². The average molecular weight is 219 g/mol. The minimum Gasteiger partial charge on any atom is -0.370 e. The van der Waals surface area contributed by atoms with Gasteiger partial charge in [0.05, 0.1) is 17.6 Å². The molecule has 0 saturated heterocycles. The summed E-state index contributed by atoms with van der Waals surface area (Å²) in [6.07, 6.45) is 4.67. The van der Waals surface area contributed by atoms with Gasteiger partial charge < -0.3 is 10.6 Å². The molecule has 2 rings (SSSR count). The molecular weight excluding hydrogens is 198 g/mol. The van der Waals surface area contributed by atoms with Crippen molar-refractivity contribution in [2.75, 3.05) is 11.9 Å². The van der Waals surface area contributed by atoms with Gasteiger partial charge in [-0.3, -0.25) is 4.98 Å². The Hall–Kier alpha value is -1.09. The fourth-order valence-corrected chi connectivity index (χ4v) is 2.01. The number of rotatable bonds is 4. The summed E-state index contributed by atoms with van der Waals surface area (Å²) in [5.74, 6) is 0.873. The van der Waals surface area contributed by atoms with Crippen molar-refractivity contribution in [1.82, 2.24) is 4.98 Å². The maximum atomic E-state index is 5.78. The maximum absolute atomic E-state index is 5.78. The van der Waals surface area contributed by atoms with E-state index < -0.39 is 0 Å². The number of hydrogen-bond donors (Lipinski definition) is 1. The first-order valence-electron chi connectivity index (χ1n) is 6.04. The number of nitrogens with two attached hydrogens (primary N) is 1. The zero-order chi connectivity index (χ0) is 11.7. The minimum atomic E-state index is 0.0141. The number of pyridine rings is 1. The normalized spacial score (nSPS) is 19.2. The van der Waals surface area contributed by atoms with Crippen LogP contribution in [0.25, 0.3) is 0 Å². The lowest BCUT2D eigenvalue weighted by atomic mass is 10.1. The van der Waals surface area contributed by atoms with Gasteiger partial charge in [0, 0.05) is 19.1 Å². The molecule has 1 aliphatic carbocycles. The standard InChI is InChI=1S/C13H21N3/c1-9(14)13-7-6-12(8-15-13)16(3)10(2)11-4-5-11/h6-11H,4-5,14H2,1-3H3/t9-,10?/m0/s1. The van der Waals surface area contributed by atoms with Crippen LogP contribution in [0.3, 0.4) is 0 Å². The van der Waals surface area contributed by atoms with Crippen LogP contribution in [0.15, 0.2) is 18.3 Å². The van der Waals surface area contributed by atoms with Crippen molar-refractivity contribution < 1.29 is 0 Å². The number of anilines is 1. The molecule has 1 aromatic heterocycles.